The van der Waals surface area contributed by atoms with E-state index in [2.05, 4.69) is 16.6 Å². The van der Waals surface area contributed by atoms with Crippen LogP contribution >= 0.6 is 11.5 Å². The first-order chi connectivity index (χ1) is 7.65. The van der Waals surface area contributed by atoms with Crippen molar-refractivity contribution in [2.45, 2.75) is 46.1 Å². The first kappa shape index (κ1) is 13.1. The summed E-state index contributed by atoms with van der Waals surface area (Å²) in [6.07, 6.45) is 3.74. The normalized spacial score (nSPS) is 10.8. The van der Waals surface area contributed by atoms with Crippen LogP contribution in [-0.2, 0) is 0 Å². The van der Waals surface area contributed by atoms with Gasteiger partial charge in [-0.2, -0.15) is 4.37 Å². The molecule has 0 unspecified atom stereocenters. The first-order valence-electron chi connectivity index (χ1n) is 5.80. The third-order valence-electron chi connectivity index (χ3n) is 2.09. The van der Waals surface area contributed by atoms with E-state index in [0.717, 1.165) is 18.0 Å². The summed E-state index contributed by atoms with van der Waals surface area (Å²) in [7, 11) is 0. The second kappa shape index (κ2) is 6.58. The maximum Gasteiger partial charge on any atom is 0.197 e. The molecule has 0 bridgehead atoms. The Morgan fingerprint density at radius 3 is 2.81 bits per heavy atom. The van der Waals surface area contributed by atoms with Crippen molar-refractivity contribution in [3.8, 4) is 5.75 Å². The standard InChI is InChI=1S/C11H21N3OS/c1-4-5-6-7-13-11-9(15-8(2)3)10(12)14-16-11/h8,13H,4-7H2,1-3H3,(H2,12,14). The Balaban J connectivity index is 2.51. The van der Waals surface area contributed by atoms with Crippen LogP contribution in [0.25, 0.3) is 0 Å². The minimum absolute atomic E-state index is 0.120. The number of aromatic nitrogens is 1. The Hall–Kier alpha value is -0.970. The minimum Gasteiger partial charge on any atom is -0.484 e. The molecule has 0 aliphatic heterocycles. The molecule has 5 heteroatoms. The topological polar surface area (TPSA) is 60.2 Å². The number of nitrogens with zero attached hydrogens (tertiary/aromatic N) is 1. The summed E-state index contributed by atoms with van der Waals surface area (Å²) in [5.74, 6) is 1.19. The fourth-order valence-electron chi connectivity index (χ4n) is 1.33. The van der Waals surface area contributed by atoms with Crippen LogP contribution in [0.5, 0.6) is 5.75 Å². The molecule has 0 aliphatic rings. The molecule has 0 fully saturated rings. The summed E-state index contributed by atoms with van der Waals surface area (Å²) in [5, 5.41) is 4.27. The molecule has 1 aromatic rings. The maximum absolute atomic E-state index is 5.75. The molecule has 0 amide bonds. The molecular formula is C11H21N3OS. The molecule has 1 aromatic heterocycles. The number of nitrogens with two attached hydrogens (primary N) is 1. The molecule has 0 atom stereocenters. The van der Waals surface area contributed by atoms with E-state index < -0.39 is 0 Å². The summed E-state index contributed by atoms with van der Waals surface area (Å²) in [5.41, 5.74) is 5.75. The van der Waals surface area contributed by atoms with Crippen LogP contribution in [0.3, 0.4) is 0 Å². The van der Waals surface area contributed by atoms with Crippen molar-refractivity contribution < 1.29 is 4.74 Å². The Bertz CT molecular complexity index is 312. The van der Waals surface area contributed by atoms with E-state index in [1.165, 1.54) is 24.4 Å². The van der Waals surface area contributed by atoms with Crippen molar-refractivity contribution >= 4 is 22.4 Å². The number of hydrogen-bond donors (Lipinski definition) is 2. The third kappa shape index (κ3) is 3.89. The van der Waals surface area contributed by atoms with Crippen LogP contribution < -0.4 is 15.8 Å². The van der Waals surface area contributed by atoms with E-state index in [1.807, 2.05) is 13.8 Å². The van der Waals surface area contributed by atoms with Gasteiger partial charge in [-0.15, -0.1) is 0 Å². The molecule has 0 saturated carbocycles. The van der Waals surface area contributed by atoms with Gasteiger partial charge in [-0.25, -0.2) is 0 Å². The average Bonchev–Trinajstić information content (AvgIpc) is 2.56. The van der Waals surface area contributed by atoms with Crippen molar-refractivity contribution in [2.75, 3.05) is 17.6 Å². The number of ether oxygens (including phenoxy) is 1. The van der Waals surface area contributed by atoms with Gasteiger partial charge in [0.25, 0.3) is 0 Å². The van der Waals surface area contributed by atoms with Crippen molar-refractivity contribution in [2.24, 2.45) is 0 Å². The zero-order valence-corrected chi connectivity index (χ0v) is 11.1. The number of anilines is 2. The Kier molecular flexibility index (Phi) is 5.38. The largest absolute Gasteiger partial charge is 0.484 e. The quantitative estimate of drug-likeness (QED) is 0.722. The number of hydrogen-bond acceptors (Lipinski definition) is 5. The van der Waals surface area contributed by atoms with Gasteiger partial charge in [0, 0.05) is 6.54 Å². The molecule has 16 heavy (non-hydrogen) atoms. The molecule has 1 heterocycles. The Labute approximate surface area is 101 Å². The molecule has 0 radical (unpaired) electrons. The van der Waals surface area contributed by atoms with E-state index in [1.54, 1.807) is 0 Å². The molecule has 0 aliphatic carbocycles. The van der Waals surface area contributed by atoms with E-state index in [4.69, 9.17) is 10.5 Å². The average molecular weight is 243 g/mol. The van der Waals surface area contributed by atoms with Crippen LogP contribution in [0.4, 0.5) is 10.8 Å². The molecule has 0 spiro atoms. The second-order valence-corrected chi connectivity index (χ2v) is 4.80. The summed E-state index contributed by atoms with van der Waals surface area (Å²) in [6.45, 7) is 7.11. The van der Waals surface area contributed by atoms with Gasteiger partial charge in [0.2, 0.25) is 0 Å². The highest BCUT2D eigenvalue weighted by molar-refractivity contribution is 7.11. The molecule has 1 rings (SSSR count). The van der Waals surface area contributed by atoms with Crippen LogP contribution in [-0.4, -0.2) is 17.0 Å². The smallest absolute Gasteiger partial charge is 0.197 e. The summed E-state index contributed by atoms with van der Waals surface area (Å²) in [6, 6.07) is 0. The van der Waals surface area contributed by atoms with Gasteiger partial charge >= 0.3 is 0 Å². The third-order valence-corrected chi connectivity index (χ3v) is 2.89. The maximum atomic E-state index is 5.75. The summed E-state index contributed by atoms with van der Waals surface area (Å²) in [4.78, 5) is 0. The van der Waals surface area contributed by atoms with Gasteiger partial charge in [0.1, 0.15) is 0 Å². The molecule has 4 nitrogen and oxygen atoms in total. The van der Waals surface area contributed by atoms with Gasteiger partial charge < -0.3 is 15.8 Å². The van der Waals surface area contributed by atoms with Crippen LogP contribution in [0, 0.1) is 0 Å². The van der Waals surface area contributed by atoms with Crippen molar-refractivity contribution in [1.82, 2.24) is 4.37 Å². The van der Waals surface area contributed by atoms with Crippen molar-refractivity contribution in [3.63, 3.8) is 0 Å². The Morgan fingerprint density at radius 2 is 2.19 bits per heavy atom. The minimum atomic E-state index is 0.120. The van der Waals surface area contributed by atoms with Gasteiger partial charge in [0.15, 0.2) is 16.6 Å². The first-order valence-corrected chi connectivity index (χ1v) is 6.58. The second-order valence-electron chi connectivity index (χ2n) is 4.03. The number of unbranched alkanes of at least 4 members (excludes halogenated alkanes) is 2. The predicted octanol–water partition coefficient (Wildman–Crippen LogP) is 3.11. The van der Waals surface area contributed by atoms with Gasteiger partial charge in [-0.3, -0.25) is 0 Å². The van der Waals surface area contributed by atoms with E-state index >= 15 is 0 Å². The SMILES string of the molecule is CCCCCNc1snc(N)c1OC(C)C. The fraction of sp³-hybridized carbons (Fsp3) is 0.727. The highest BCUT2D eigenvalue weighted by Gasteiger charge is 2.13. The van der Waals surface area contributed by atoms with E-state index in [-0.39, 0.29) is 6.10 Å². The fourth-order valence-corrected chi connectivity index (χ4v) is 2.01. The number of nitrogens with one attached hydrogen (secondary N) is 1. The number of nitrogen functional groups attached to an aromatic ring is 1. The molecule has 3 N–H and O–H groups in total. The molecular weight excluding hydrogens is 222 g/mol. The zero-order valence-electron chi connectivity index (χ0n) is 10.2. The van der Waals surface area contributed by atoms with Gasteiger partial charge in [0.05, 0.1) is 6.10 Å². The molecule has 92 valence electrons. The molecule has 0 saturated heterocycles. The zero-order chi connectivity index (χ0) is 12.0. The highest BCUT2D eigenvalue weighted by atomic mass is 32.1. The van der Waals surface area contributed by atoms with Crippen molar-refractivity contribution in [3.05, 3.63) is 0 Å². The summed E-state index contributed by atoms with van der Waals surface area (Å²) < 4.78 is 9.73. The van der Waals surface area contributed by atoms with Gasteiger partial charge in [-0.05, 0) is 31.8 Å². The van der Waals surface area contributed by atoms with Crippen molar-refractivity contribution in [1.29, 1.82) is 0 Å². The lowest BCUT2D eigenvalue weighted by atomic mass is 10.2. The monoisotopic (exact) mass is 243 g/mol. The highest BCUT2D eigenvalue weighted by Crippen LogP contribution is 2.35. The van der Waals surface area contributed by atoms with Gasteiger partial charge in [-0.1, -0.05) is 19.8 Å². The van der Waals surface area contributed by atoms with E-state index in [0.29, 0.717) is 11.6 Å². The van der Waals surface area contributed by atoms with Crippen LogP contribution in [0.1, 0.15) is 40.0 Å². The van der Waals surface area contributed by atoms with Crippen LogP contribution in [0.2, 0.25) is 0 Å². The molecule has 0 aromatic carbocycles. The predicted molar refractivity (Wildman–Crippen MR) is 70.3 cm³/mol. The van der Waals surface area contributed by atoms with E-state index in [9.17, 15) is 0 Å². The lowest BCUT2D eigenvalue weighted by Crippen LogP contribution is -2.09. The Morgan fingerprint density at radius 1 is 1.44 bits per heavy atom. The lowest BCUT2D eigenvalue weighted by molar-refractivity contribution is 0.245. The summed E-state index contributed by atoms with van der Waals surface area (Å²) >= 11 is 1.37. The lowest BCUT2D eigenvalue weighted by Gasteiger charge is -2.11. The van der Waals surface area contributed by atoms with Crippen LogP contribution in [0.15, 0.2) is 0 Å². The number of rotatable bonds is 7.